The molecular formula is C15H22N2O3S. The molecule has 21 heavy (non-hydrogen) atoms. The third-order valence-electron chi connectivity index (χ3n) is 4.15. The van der Waals surface area contributed by atoms with E-state index >= 15 is 0 Å². The number of benzene rings is 1. The van der Waals surface area contributed by atoms with Gasteiger partial charge in [-0.1, -0.05) is 19.1 Å². The van der Waals surface area contributed by atoms with Crippen molar-refractivity contribution >= 4 is 15.7 Å². The van der Waals surface area contributed by atoms with Gasteiger partial charge in [-0.15, -0.1) is 0 Å². The molecule has 2 aliphatic rings. The van der Waals surface area contributed by atoms with Crippen molar-refractivity contribution in [2.45, 2.75) is 55.8 Å². The highest BCUT2D eigenvalue weighted by molar-refractivity contribution is 7.89. The Morgan fingerprint density at radius 2 is 2.10 bits per heavy atom. The number of fused-ring (bicyclic) bond motifs is 2. The first-order valence-corrected chi connectivity index (χ1v) is 9.09. The van der Waals surface area contributed by atoms with Gasteiger partial charge in [0, 0.05) is 6.54 Å². The Hall–Kier alpha value is -1.11. The van der Waals surface area contributed by atoms with Crippen LogP contribution in [0.3, 0.4) is 0 Å². The zero-order valence-corrected chi connectivity index (χ0v) is 13.0. The van der Waals surface area contributed by atoms with Crippen LogP contribution in [0.4, 0.5) is 5.69 Å². The summed E-state index contributed by atoms with van der Waals surface area (Å²) >= 11 is 0. The highest BCUT2D eigenvalue weighted by Gasteiger charge is 2.42. The van der Waals surface area contributed by atoms with Gasteiger partial charge in [0.2, 0.25) is 10.0 Å². The molecule has 2 saturated heterocycles. The molecule has 3 atom stereocenters. The van der Waals surface area contributed by atoms with Crippen molar-refractivity contribution in [1.29, 1.82) is 0 Å². The van der Waals surface area contributed by atoms with Crippen molar-refractivity contribution in [2.75, 3.05) is 11.9 Å². The molecule has 0 aromatic heterocycles. The molecule has 1 aromatic carbocycles. The van der Waals surface area contributed by atoms with Crippen LogP contribution >= 0.6 is 0 Å². The predicted molar refractivity (Wildman–Crippen MR) is 81.8 cm³/mol. The van der Waals surface area contributed by atoms with Gasteiger partial charge in [0.25, 0.3) is 0 Å². The minimum Gasteiger partial charge on any atom is -0.384 e. The lowest BCUT2D eigenvalue weighted by atomic mass is 9.96. The van der Waals surface area contributed by atoms with Crippen LogP contribution in [0.5, 0.6) is 0 Å². The summed E-state index contributed by atoms with van der Waals surface area (Å²) in [7, 11) is -3.52. The molecule has 2 bridgehead atoms. The summed E-state index contributed by atoms with van der Waals surface area (Å²) in [6.45, 7) is 2.80. The van der Waals surface area contributed by atoms with Gasteiger partial charge in [0.1, 0.15) is 4.90 Å². The molecule has 3 unspecified atom stereocenters. The van der Waals surface area contributed by atoms with Crippen molar-refractivity contribution in [3.05, 3.63) is 24.3 Å². The highest BCUT2D eigenvalue weighted by atomic mass is 32.2. The van der Waals surface area contributed by atoms with Gasteiger partial charge in [-0.05, 0) is 37.8 Å². The monoisotopic (exact) mass is 310 g/mol. The molecule has 0 aliphatic carbocycles. The van der Waals surface area contributed by atoms with E-state index in [0.29, 0.717) is 10.6 Å². The SMILES string of the molecule is CCCNc1ccccc1S(=O)(=O)NC1CC2CCC1O2. The largest absolute Gasteiger partial charge is 0.384 e. The minimum absolute atomic E-state index is 0.0422. The van der Waals surface area contributed by atoms with E-state index in [1.807, 2.05) is 12.1 Å². The molecule has 1 aromatic rings. The number of ether oxygens (including phenoxy) is 1. The quantitative estimate of drug-likeness (QED) is 0.844. The van der Waals surface area contributed by atoms with Crippen LogP contribution in [0.2, 0.25) is 0 Å². The summed E-state index contributed by atoms with van der Waals surface area (Å²) < 4.78 is 33.8. The molecule has 2 N–H and O–H groups in total. The molecule has 3 rings (SSSR count). The molecule has 0 radical (unpaired) electrons. The Morgan fingerprint density at radius 3 is 2.76 bits per heavy atom. The molecule has 2 fully saturated rings. The molecule has 5 nitrogen and oxygen atoms in total. The van der Waals surface area contributed by atoms with Crippen molar-refractivity contribution < 1.29 is 13.2 Å². The van der Waals surface area contributed by atoms with Crippen LogP contribution in [0.15, 0.2) is 29.2 Å². The van der Waals surface area contributed by atoms with Crippen molar-refractivity contribution in [2.24, 2.45) is 0 Å². The fourth-order valence-electron chi connectivity index (χ4n) is 3.13. The zero-order chi connectivity index (χ0) is 14.9. The number of anilines is 1. The topological polar surface area (TPSA) is 67.4 Å². The minimum atomic E-state index is -3.52. The van der Waals surface area contributed by atoms with Gasteiger partial charge < -0.3 is 10.1 Å². The number of para-hydroxylation sites is 1. The van der Waals surface area contributed by atoms with Gasteiger partial charge >= 0.3 is 0 Å². The van der Waals surface area contributed by atoms with Crippen LogP contribution in [-0.2, 0) is 14.8 Å². The van der Waals surface area contributed by atoms with E-state index in [-0.39, 0.29) is 18.2 Å². The maximum absolute atomic E-state index is 12.6. The van der Waals surface area contributed by atoms with E-state index in [1.54, 1.807) is 12.1 Å². The number of nitrogens with one attached hydrogen (secondary N) is 2. The van der Waals surface area contributed by atoms with Gasteiger partial charge in [0.05, 0.1) is 23.9 Å². The molecule has 6 heteroatoms. The summed E-state index contributed by atoms with van der Waals surface area (Å²) in [4.78, 5) is 0.321. The maximum Gasteiger partial charge on any atom is 0.242 e. The second-order valence-corrected chi connectivity index (χ2v) is 7.44. The lowest BCUT2D eigenvalue weighted by Crippen LogP contribution is -2.41. The van der Waals surface area contributed by atoms with E-state index in [9.17, 15) is 8.42 Å². The first-order valence-electron chi connectivity index (χ1n) is 7.61. The Morgan fingerprint density at radius 1 is 1.29 bits per heavy atom. The second-order valence-electron chi connectivity index (χ2n) is 5.76. The Bertz CT molecular complexity index is 603. The number of hydrogen-bond acceptors (Lipinski definition) is 4. The van der Waals surface area contributed by atoms with Crippen molar-refractivity contribution in [3.8, 4) is 0 Å². The average molecular weight is 310 g/mol. The van der Waals surface area contributed by atoms with Crippen LogP contribution in [0, 0.1) is 0 Å². The highest BCUT2D eigenvalue weighted by Crippen LogP contribution is 2.35. The van der Waals surface area contributed by atoms with Crippen LogP contribution < -0.4 is 10.0 Å². The first-order chi connectivity index (χ1) is 10.1. The summed E-state index contributed by atoms with van der Waals surface area (Å²) in [6.07, 6.45) is 4.01. The Labute approximate surface area is 126 Å². The lowest BCUT2D eigenvalue weighted by Gasteiger charge is -2.21. The van der Waals surface area contributed by atoms with Crippen LogP contribution in [0.25, 0.3) is 0 Å². The fourth-order valence-corrected chi connectivity index (χ4v) is 4.59. The Balaban J connectivity index is 1.78. The van der Waals surface area contributed by atoms with Gasteiger partial charge in [-0.2, -0.15) is 0 Å². The summed E-state index contributed by atoms with van der Waals surface area (Å²) in [6, 6.07) is 6.96. The standard InChI is InChI=1S/C15H22N2O3S/c1-2-9-16-12-5-3-4-6-15(12)21(18,19)17-13-10-11-7-8-14(13)20-11/h3-6,11,13-14,16-17H,2,7-10H2,1H3. The summed E-state index contributed by atoms with van der Waals surface area (Å²) in [5, 5.41) is 3.18. The molecule has 2 heterocycles. The molecule has 2 aliphatic heterocycles. The first kappa shape index (κ1) is 14.8. The number of rotatable bonds is 6. The molecule has 0 saturated carbocycles. The molecule has 0 spiro atoms. The Kier molecular flexibility index (Phi) is 4.19. The van der Waals surface area contributed by atoms with Gasteiger partial charge in [-0.3, -0.25) is 0 Å². The third kappa shape index (κ3) is 3.07. The molecular weight excluding hydrogens is 288 g/mol. The molecule has 0 amide bonds. The maximum atomic E-state index is 12.6. The summed E-state index contributed by atoms with van der Waals surface area (Å²) in [5.74, 6) is 0. The van der Waals surface area contributed by atoms with Crippen LogP contribution in [0.1, 0.15) is 32.6 Å². The van der Waals surface area contributed by atoms with Gasteiger partial charge in [0.15, 0.2) is 0 Å². The lowest BCUT2D eigenvalue weighted by molar-refractivity contribution is 0.0996. The smallest absolute Gasteiger partial charge is 0.242 e. The zero-order valence-electron chi connectivity index (χ0n) is 12.2. The normalized spacial score (nSPS) is 28.0. The van der Waals surface area contributed by atoms with E-state index in [1.165, 1.54) is 0 Å². The second kappa shape index (κ2) is 5.94. The van der Waals surface area contributed by atoms with Crippen molar-refractivity contribution in [3.63, 3.8) is 0 Å². The van der Waals surface area contributed by atoms with E-state index in [2.05, 4.69) is 17.0 Å². The number of hydrogen-bond donors (Lipinski definition) is 2. The summed E-state index contributed by atoms with van der Waals surface area (Å²) in [5.41, 5.74) is 0.663. The number of sulfonamides is 1. The van der Waals surface area contributed by atoms with E-state index in [0.717, 1.165) is 32.2 Å². The van der Waals surface area contributed by atoms with Crippen LogP contribution in [-0.4, -0.2) is 33.2 Å². The van der Waals surface area contributed by atoms with E-state index < -0.39 is 10.0 Å². The molecule has 116 valence electrons. The average Bonchev–Trinajstić information content (AvgIpc) is 3.07. The van der Waals surface area contributed by atoms with Gasteiger partial charge in [-0.25, -0.2) is 13.1 Å². The third-order valence-corrected chi connectivity index (χ3v) is 5.70. The van der Waals surface area contributed by atoms with Crippen molar-refractivity contribution in [1.82, 2.24) is 4.72 Å². The predicted octanol–water partition coefficient (Wildman–Crippen LogP) is 2.11. The fraction of sp³-hybridized carbons (Fsp3) is 0.600. The van der Waals surface area contributed by atoms with E-state index in [4.69, 9.17) is 4.74 Å².